The maximum Gasteiger partial charge on any atom is 0.306 e. The zero-order valence-corrected chi connectivity index (χ0v) is 47.2. The summed E-state index contributed by atoms with van der Waals surface area (Å²) in [6.45, 7) is 6.41. The van der Waals surface area contributed by atoms with Gasteiger partial charge in [-0.1, -0.05) is 266 Å². The predicted molar refractivity (Wildman–Crippen MR) is 311 cm³/mol. The summed E-state index contributed by atoms with van der Waals surface area (Å²) in [4.78, 5) is 38.1. The van der Waals surface area contributed by atoms with E-state index in [4.69, 9.17) is 14.2 Å². The quantitative estimate of drug-likeness (QED) is 0.0261. The fraction of sp³-hybridized carbons (Fsp3) is 0.712. The van der Waals surface area contributed by atoms with Crippen molar-refractivity contribution in [2.45, 2.75) is 290 Å². The Balaban J connectivity index is 4.25. The van der Waals surface area contributed by atoms with Gasteiger partial charge < -0.3 is 14.2 Å². The Bertz CT molecular complexity index is 1430. The van der Waals surface area contributed by atoms with Crippen LogP contribution < -0.4 is 0 Å². The van der Waals surface area contributed by atoms with Crippen LogP contribution in [0, 0.1) is 0 Å². The zero-order valence-electron chi connectivity index (χ0n) is 47.2. The van der Waals surface area contributed by atoms with Gasteiger partial charge in [0.15, 0.2) is 6.10 Å². The molecule has 0 aliphatic rings. The monoisotopic (exact) mass is 1000 g/mol. The van der Waals surface area contributed by atoms with Crippen LogP contribution in [0.3, 0.4) is 0 Å². The fourth-order valence-electron chi connectivity index (χ4n) is 8.37. The first-order valence-electron chi connectivity index (χ1n) is 30.2. The maximum atomic E-state index is 12.9. The second-order valence-corrected chi connectivity index (χ2v) is 19.9. The lowest BCUT2D eigenvalue weighted by molar-refractivity contribution is -0.167. The van der Waals surface area contributed by atoms with E-state index in [0.717, 1.165) is 116 Å². The molecule has 0 heterocycles. The highest BCUT2D eigenvalue weighted by Gasteiger charge is 2.19. The number of ether oxygens (including phenoxy) is 3. The van der Waals surface area contributed by atoms with Gasteiger partial charge in [0.2, 0.25) is 0 Å². The number of carbonyl (C=O) groups excluding carboxylic acids is 3. The summed E-state index contributed by atoms with van der Waals surface area (Å²) in [7, 11) is 0. The van der Waals surface area contributed by atoms with Crippen molar-refractivity contribution in [3.05, 3.63) is 97.2 Å². The zero-order chi connectivity index (χ0) is 52.2. The number of esters is 3. The predicted octanol–water partition coefficient (Wildman–Crippen LogP) is 20.5. The summed E-state index contributed by atoms with van der Waals surface area (Å²) >= 11 is 0. The number of allylic oxidation sites excluding steroid dienone is 16. The van der Waals surface area contributed by atoms with Crippen LogP contribution in [0.15, 0.2) is 97.2 Å². The second-order valence-electron chi connectivity index (χ2n) is 19.9. The van der Waals surface area contributed by atoms with E-state index < -0.39 is 6.10 Å². The molecule has 0 radical (unpaired) electrons. The largest absolute Gasteiger partial charge is 0.462 e. The molecule has 72 heavy (non-hydrogen) atoms. The van der Waals surface area contributed by atoms with Gasteiger partial charge in [0.25, 0.3) is 0 Å². The highest BCUT2D eigenvalue weighted by molar-refractivity contribution is 5.71. The van der Waals surface area contributed by atoms with Gasteiger partial charge in [-0.25, -0.2) is 0 Å². The number of carbonyl (C=O) groups is 3. The van der Waals surface area contributed by atoms with Crippen molar-refractivity contribution in [2.24, 2.45) is 0 Å². The van der Waals surface area contributed by atoms with Gasteiger partial charge in [-0.3, -0.25) is 14.4 Å². The van der Waals surface area contributed by atoms with Crippen LogP contribution in [0.2, 0.25) is 0 Å². The first kappa shape index (κ1) is 68.3. The van der Waals surface area contributed by atoms with Gasteiger partial charge >= 0.3 is 17.9 Å². The van der Waals surface area contributed by atoms with Gasteiger partial charge in [-0.15, -0.1) is 0 Å². The van der Waals surface area contributed by atoms with Crippen molar-refractivity contribution in [3.63, 3.8) is 0 Å². The topological polar surface area (TPSA) is 78.9 Å². The molecule has 0 spiro atoms. The van der Waals surface area contributed by atoms with Crippen molar-refractivity contribution < 1.29 is 28.6 Å². The molecule has 0 aromatic heterocycles. The molecular formula is C66H112O6. The number of hydrogen-bond acceptors (Lipinski definition) is 6. The third kappa shape index (κ3) is 57.2. The van der Waals surface area contributed by atoms with Crippen molar-refractivity contribution in [1.29, 1.82) is 0 Å². The minimum Gasteiger partial charge on any atom is -0.462 e. The Kier molecular flexibility index (Phi) is 56.8. The average molecular weight is 1000 g/mol. The van der Waals surface area contributed by atoms with E-state index in [0.29, 0.717) is 19.3 Å². The molecule has 6 nitrogen and oxygen atoms in total. The first-order chi connectivity index (χ1) is 35.5. The highest BCUT2D eigenvalue weighted by atomic mass is 16.6. The van der Waals surface area contributed by atoms with Crippen molar-refractivity contribution in [3.8, 4) is 0 Å². The lowest BCUT2D eigenvalue weighted by Gasteiger charge is -2.18. The second kappa shape index (κ2) is 59.9. The van der Waals surface area contributed by atoms with Crippen LogP contribution in [0.5, 0.6) is 0 Å². The Labute approximate surface area is 445 Å². The minimum absolute atomic E-state index is 0.0801. The molecule has 0 aromatic carbocycles. The van der Waals surface area contributed by atoms with Gasteiger partial charge in [0, 0.05) is 19.3 Å². The molecule has 0 aliphatic heterocycles. The van der Waals surface area contributed by atoms with Crippen LogP contribution in [0.4, 0.5) is 0 Å². The van der Waals surface area contributed by atoms with Crippen molar-refractivity contribution in [2.75, 3.05) is 13.2 Å². The summed E-state index contributed by atoms with van der Waals surface area (Å²) in [6, 6.07) is 0. The highest BCUT2D eigenvalue weighted by Crippen LogP contribution is 2.16. The molecule has 0 amide bonds. The molecule has 0 saturated carbocycles. The van der Waals surface area contributed by atoms with E-state index in [1.807, 2.05) is 0 Å². The third-order valence-electron chi connectivity index (χ3n) is 12.8. The van der Waals surface area contributed by atoms with E-state index in [1.165, 1.54) is 128 Å². The Morgan fingerprint density at radius 3 is 0.847 bits per heavy atom. The maximum absolute atomic E-state index is 12.9. The number of unbranched alkanes of at least 4 members (excludes halogenated alkanes) is 27. The van der Waals surface area contributed by atoms with Crippen LogP contribution in [0.1, 0.15) is 284 Å². The normalized spacial score (nSPS) is 12.8. The van der Waals surface area contributed by atoms with Crippen molar-refractivity contribution >= 4 is 17.9 Å². The Hall–Kier alpha value is -3.67. The number of hydrogen-bond donors (Lipinski definition) is 0. The van der Waals surface area contributed by atoms with Crippen LogP contribution in [0.25, 0.3) is 0 Å². The van der Waals surface area contributed by atoms with Crippen molar-refractivity contribution in [1.82, 2.24) is 0 Å². The summed E-state index contributed by atoms with van der Waals surface area (Å²) < 4.78 is 16.9. The molecule has 0 bridgehead atoms. The summed E-state index contributed by atoms with van der Waals surface area (Å²) in [5, 5.41) is 0. The lowest BCUT2D eigenvalue weighted by atomic mass is 10.0. The Morgan fingerprint density at radius 1 is 0.292 bits per heavy atom. The summed E-state index contributed by atoms with van der Waals surface area (Å²) in [5.41, 5.74) is 0. The standard InChI is InChI=1S/C66H112O6/c1-4-7-10-13-16-19-22-24-26-28-29-30-31-32-33-34-35-36-37-39-40-42-44-47-50-53-56-59-65(68)71-62-63(61-70-64(67)58-55-52-49-46-21-18-15-12-9-6-3)72-66(69)60-57-54-51-48-45-43-41-38-27-25-23-20-17-14-11-8-5-2/h7-8,10-11,16-17,19-20,24-27,29-30,32-33,63H,4-6,9,12-15,18,21-23,28,31,34-62H2,1-3H3/b10-7-,11-8-,19-16-,20-17-,26-24-,27-25-,30-29-,33-32-. The Morgan fingerprint density at radius 2 is 0.542 bits per heavy atom. The molecule has 0 fully saturated rings. The smallest absolute Gasteiger partial charge is 0.306 e. The molecule has 1 atom stereocenters. The van der Waals surface area contributed by atoms with Gasteiger partial charge in [-0.2, -0.15) is 0 Å². The van der Waals surface area contributed by atoms with Crippen LogP contribution in [-0.4, -0.2) is 37.2 Å². The minimum atomic E-state index is -0.782. The first-order valence-corrected chi connectivity index (χ1v) is 30.2. The van der Waals surface area contributed by atoms with Crippen LogP contribution >= 0.6 is 0 Å². The molecule has 6 heteroatoms. The SMILES string of the molecule is CC/C=C\C/C=C\C/C=C\C/C=C\C/C=C\CCCCCCCCCCCCCC(=O)OCC(COC(=O)CCCCCCCCCCCC)OC(=O)CCCCCCCCC/C=C\C/C=C\C/C=C\CC. The molecule has 412 valence electrons. The van der Waals surface area contributed by atoms with E-state index in [9.17, 15) is 14.4 Å². The van der Waals surface area contributed by atoms with Gasteiger partial charge in [0.1, 0.15) is 13.2 Å². The molecule has 0 rings (SSSR count). The fourth-order valence-corrected chi connectivity index (χ4v) is 8.37. The van der Waals surface area contributed by atoms with Gasteiger partial charge in [-0.05, 0) is 96.3 Å². The van der Waals surface area contributed by atoms with E-state index in [2.05, 4.69) is 118 Å². The van der Waals surface area contributed by atoms with Gasteiger partial charge in [0.05, 0.1) is 0 Å². The van der Waals surface area contributed by atoms with E-state index in [-0.39, 0.29) is 31.1 Å². The molecule has 0 N–H and O–H groups in total. The molecule has 0 aromatic rings. The molecule has 1 unspecified atom stereocenters. The number of rotatable bonds is 54. The van der Waals surface area contributed by atoms with E-state index in [1.54, 1.807) is 0 Å². The summed E-state index contributed by atoms with van der Waals surface area (Å²) in [6.07, 6.45) is 79.8. The van der Waals surface area contributed by atoms with Crippen LogP contribution in [-0.2, 0) is 28.6 Å². The average Bonchev–Trinajstić information content (AvgIpc) is 3.38. The summed E-state index contributed by atoms with van der Waals surface area (Å²) in [5.74, 6) is -0.888. The van der Waals surface area contributed by atoms with E-state index >= 15 is 0 Å². The molecule has 0 saturated heterocycles. The molecular weight excluding hydrogens is 889 g/mol. The molecule has 0 aliphatic carbocycles. The lowest BCUT2D eigenvalue weighted by Crippen LogP contribution is -2.30. The third-order valence-corrected chi connectivity index (χ3v) is 12.8.